The zero-order chi connectivity index (χ0) is 19.8. The molecule has 2 aliphatic rings. The molecular weight excluding hydrogens is 364 g/mol. The second-order valence-corrected chi connectivity index (χ2v) is 7.27. The van der Waals surface area contributed by atoms with Crippen LogP contribution in [-0.2, 0) is 11.3 Å². The van der Waals surface area contributed by atoms with Gasteiger partial charge in [-0.3, -0.25) is 14.3 Å². The molecule has 1 aromatic heterocycles. The Kier molecular flexibility index (Phi) is 4.96. The Morgan fingerprint density at radius 2 is 1.96 bits per heavy atom. The van der Waals surface area contributed by atoms with E-state index in [9.17, 15) is 19.8 Å². The first-order valence-corrected chi connectivity index (χ1v) is 9.31. The van der Waals surface area contributed by atoms with E-state index in [1.807, 2.05) is 31.3 Å². The van der Waals surface area contributed by atoms with Crippen LogP contribution in [-0.4, -0.2) is 58.7 Å². The topological polar surface area (TPSA) is 111 Å². The highest BCUT2D eigenvalue weighted by atomic mass is 16.5. The van der Waals surface area contributed by atoms with Gasteiger partial charge in [0.1, 0.15) is 12.3 Å². The Morgan fingerprint density at radius 1 is 1.21 bits per heavy atom. The molecule has 1 fully saturated rings. The van der Waals surface area contributed by atoms with Gasteiger partial charge in [0.05, 0.1) is 29.6 Å². The number of likely N-dealkylation sites (N-methyl/N-ethyl adjacent to an activating group) is 1. The van der Waals surface area contributed by atoms with E-state index >= 15 is 0 Å². The Labute approximate surface area is 161 Å². The van der Waals surface area contributed by atoms with Gasteiger partial charge in [-0.15, -0.1) is 0 Å². The number of hydrogen-bond donors (Lipinski definition) is 3. The van der Waals surface area contributed by atoms with Crippen LogP contribution in [0.15, 0.2) is 40.1 Å². The summed E-state index contributed by atoms with van der Waals surface area (Å²) in [4.78, 5) is 31.3. The smallest absolute Gasteiger partial charge is 0.330 e. The molecule has 4 rings (SSSR count). The van der Waals surface area contributed by atoms with Crippen molar-refractivity contribution in [1.29, 1.82) is 0 Å². The van der Waals surface area contributed by atoms with E-state index < -0.39 is 29.7 Å². The molecule has 0 unspecified atom stereocenters. The standard InChI is InChI=1S/C19H24N4O5/c1-21-6-7-22(14-5-3-2-4-13(14)21)9-12-10-23(19(27)20-18(12)26)17-8-15(25)16(11-24)28-17/h2-5,10,15-17,24-25H,6-9,11H2,1H3,(H,20,26,27)/t15-,16+,17+/m0/s1. The molecule has 28 heavy (non-hydrogen) atoms. The number of fused-ring (bicyclic) bond motifs is 1. The molecule has 3 heterocycles. The maximum Gasteiger partial charge on any atom is 0.330 e. The monoisotopic (exact) mass is 388 g/mol. The lowest BCUT2D eigenvalue weighted by Gasteiger charge is -2.37. The van der Waals surface area contributed by atoms with Crippen molar-refractivity contribution in [1.82, 2.24) is 9.55 Å². The molecule has 0 amide bonds. The zero-order valence-corrected chi connectivity index (χ0v) is 15.6. The van der Waals surface area contributed by atoms with Crippen LogP contribution in [0.1, 0.15) is 18.2 Å². The molecule has 0 spiro atoms. The van der Waals surface area contributed by atoms with E-state index in [-0.39, 0.29) is 13.0 Å². The van der Waals surface area contributed by atoms with Crippen LogP contribution in [0.2, 0.25) is 0 Å². The molecule has 3 N–H and O–H groups in total. The van der Waals surface area contributed by atoms with Crippen LogP contribution in [0.4, 0.5) is 11.4 Å². The predicted octanol–water partition coefficient (Wildman–Crippen LogP) is -0.366. The zero-order valence-electron chi connectivity index (χ0n) is 15.6. The number of nitrogens with zero attached hydrogens (tertiary/aromatic N) is 3. The van der Waals surface area contributed by atoms with Crippen molar-refractivity contribution in [2.24, 2.45) is 0 Å². The summed E-state index contributed by atoms with van der Waals surface area (Å²) in [6.07, 6.45) is -0.652. The minimum atomic E-state index is -0.859. The third-order valence-electron chi connectivity index (χ3n) is 5.44. The predicted molar refractivity (Wildman–Crippen MR) is 104 cm³/mol. The summed E-state index contributed by atoms with van der Waals surface area (Å²) >= 11 is 0. The third-order valence-corrected chi connectivity index (χ3v) is 5.44. The van der Waals surface area contributed by atoms with Crippen molar-refractivity contribution in [3.63, 3.8) is 0 Å². The van der Waals surface area contributed by atoms with Gasteiger partial charge in [-0.2, -0.15) is 0 Å². The average Bonchev–Trinajstić information content (AvgIpc) is 3.06. The highest BCUT2D eigenvalue weighted by Gasteiger charge is 2.35. The summed E-state index contributed by atoms with van der Waals surface area (Å²) in [5, 5.41) is 19.2. The lowest BCUT2D eigenvalue weighted by molar-refractivity contribution is -0.0460. The van der Waals surface area contributed by atoms with E-state index in [1.54, 1.807) is 0 Å². The molecule has 0 bridgehead atoms. The molecule has 9 nitrogen and oxygen atoms in total. The van der Waals surface area contributed by atoms with E-state index in [1.165, 1.54) is 10.8 Å². The lowest BCUT2D eigenvalue weighted by atomic mass is 10.1. The van der Waals surface area contributed by atoms with Gasteiger partial charge in [-0.1, -0.05) is 12.1 Å². The molecule has 2 aromatic rings. The summed E-state index contributed by atoms with van der Waals surface area (Å²) in [5.74, 6) is 0. The maximum atomic E-state index is 12.4. The largest absolute Gasteiger partial charge is 0.394 e. The van der Waals surface area contributed by atoms with Crippen LogP contribution in [0.25, 0.3) is 0 Å². The normalized spacial score (nSPS) is 24.5. The lowest BCUT2D eigenvalue weighted by Crippen LogP contribution is -2.41. The summed E-state index contributed by atoms with van der Waals surface area (Å²) in [6, 6.07) is 7.98. The Bertz CT molecular complexity index is 971. The van der Waals surface area contributed by atoms with Crippen molar-refractivity contribution >= 4 is 11.4 Å². The fourth-order valence-corrected chi connectivity index (χ4v) is 3.84. The fraction of sp³-hybridized carbons (Fsp3) is 0.474. The first-order chi connectivity index (χ1) is 13.5. The van der Waals surface area contributed by atoms with Gasteiger partial charge in [-0.05, 0) is 12.1 Å². The maximum absolute atomic E-state index is 12.4. The average molecular weight is 388 g/mol. The van der Waals surface area contributed by atoms with Crippen molar-refractivity contribution in [2.75, 3.05) is 36.5 Å². The molecule has 0 radical (unpaired) electrons. The number of aliphatic hydroxyl groups excluding tert-OH is 2. The van der Waals surface area contributed by atoms with Crippen LogP contribution < -0.4 is 21.0 Å². The molecule has 150 valence electrons. The molecule has 0 aliphatic carbocycles. The number of aliphatic hydroxyl groups is 2. The number of benzene rings is 1. The number of ether oxygens (including phenoxy) is 1. The Hall–Kier alpha value is -2.62. The van der Waals surface area contributed by atoms with Crippen LogP contribution in [0.3, 0.4) is 0 Å². The van der Waals surface area contributed by atoms with E-state index in [2.05, 4.69) is 14.8 Å². The first kappa shape index (κ1) is 18.7. The van der Waals surface area contributed by atoms with Crippen LogP contribution >= 0.6 is 0 Å². The van der Waals surface area contributed by atoms with E-state index in [0.717, 1.165) is 24.5 Å². The van der Waals surface area contributed by atoms with Gasteiger partial charge in [-0.25, -0.2) is 4.79 Å². The minimum absolute atomic E-state index is 0.175. The fourth-order valence-electron chi connectivity index (χ4n) is 3.84. The quantitative estimate of drug-likeness (QED) is 0.656. The number of nitrogens with one attached hydrogen (secondary N) is 1. The summed E-state index contributed by atoms with van der Waals surface area (Å²) < 4.78 is 6.85. The van der Waals surface area contributed by atoms with Crippen molar-refractivity contribution in [3.8, 4) is 0 Å². The van der Waals surface area contributed by atoms with Gasteiger partial charge in [0, 0.05) is 39.3 Å². The molecule has 9 heteroatoms. The second-order valence-electron chi connectivity index (χ2n) is 7.27. The molecule has 0 saturated carbocycles. The number of para-hydroxylation sites is 2. The second kappa shape index (κ2) is 7.42. The summed E-state index contributed by atoms with van der Waals surface area (Å²) in [6.45, 7) is 1.59. The van der Waals surface area contributed by atoms with Crippen molar-refractivity contribution < 1.29 is 14.9 Å². The van der Waals surface area contributed by atoms with Gasteiger partial charge < -0.3 is 24.7 Å². The third kappa shape index (κ3) is 3.32. The van der Waals surface area contributed by atoms with Gasteiger partial charge in [0.2, 0.25) is 0 Å². The van der Waals surface area contributed by atoms with Crippen molar-refractivity contribution in [3.05, 3.63) is 56.9 Å². The van der Waals surface area contributed by atoms with Gasteiger partial charge in [0.15, 0.2) is 0 Å². The van der Waals surface area contributed by atoms with Gasteiger partial charge >= 0.3 is 5.69 Å². The highest BCUT2D eigenvalue weighted by molar-refractivity contribution is 5.73. The number of aromatic nitrogens is 2. The number of hydrogen-bond acceptors (Lipinski definition) is 7. The molecule has 1 saturated heterocycles. The van der Waals surface area contributed by atoms with Crippen molar-refractivity contribution in [2.45, 2.75) is 31.4 Å². The molecule has 3 atom stereocenters. The highest BCUT2D eigenvalue weighted by Crippen LogP contribution is 2.32. The van der Waals surface area contributed by atoms with E-state index in [4.69, 9.17) is 4.74 Å². The number of rotatable bonds is 4. The number of H-pyrrole nitrogens is 1. The summed E-state index contributed by atoms with van der Waals surface area (Å²) in [7, 11) is 2.03. The number of anilines is 2. The summed E-state index contributed by atoms with van der Waals surface area (Å²) in [5.41, 5.74) is 1.52. The first-order valence-electron chi connectivity index (χ1n) is 9.31. The molecule has 2 aliphatic heterocycles. The SMILES string of the molecule is CN1CCN(Cc2cn([C@H]3C[C@H](O)[C@@H](CO)O3)c(=O)[nH]c2=O)c2ccccc21. The van der Waals surface area contributed by atoms with Gasteiger partial charge in [0.25, 0.3) is 5.56 Å². The minimum Gasteiger partial charge on any atom is -0.394 e. The molecular formula is C19H24N4O5. The van der Waals surface area contributed by atoms with E-state index in [0.29, 0.717) is 12.1 Å². The Balaban J connectivity index is 1.64. The van der Waals surface area contributed by atoms with Crippen LogP contribution in [0, 0.1) is 0 Å². The molecule has 1 aromatic carbocycles. The number of aromatic amines is 1. The Morgan fingerprint density at radius 3 is 2.68 bits per heavy atom. The van der Waals surface area contributed by atoms with Crippen LogP contribution in [0.5, 0.6) is 0 Å².